The van der Waals surface area contributed by atoms with Gasteiger partial charge in [-0.15, -0.1) is 11.3 Å². The van der Waals surface area contributed by atoms with E-state index in [-0.39, 0.29) is 11.0 Å². The fraction of sp³-hybridized carbons (Fsp3) is 0.786. The van der Waals surface area contributed by atoms with Crippen LogP contribution in [0.15, 0.2) is 5.38 Å². The van der Waals surface area contributed by atoms with Crippen molar-refractivity contribution in [3.05, 3.63) is 16.1 Å². The maximum Gasteiger partial charge on any atom is 0.113 e. The summed E-state index contributed by atoms with van der Waals surface area (Å²) in [6.07, 6.45) is 1.11. The largest absolute Gasteiger partial charge is 0.381 e. The standard InChI is InChI=1S/C14H24N2OS/c1-13(2,3)11-9-18-12(16-11)14(4,15-5)10-6-7-17-8-10/h9-10,15H,6-8H2,1-5H3. The molecule has 1 N–H and O–H groups in total. The van der Waals surface area contributed by atoms with Crippen LogP contribution < -0.4 is 5.32 Å². The molecule has 4 heteroatoms. The fourth-order valence-electron chi connectivity index (χ4n) is 2.33. The first-order valence-corrected chi connectivity index (χ1v) is 7.49. The Balaban J connectivity index is 2.29. The molecule has 1 aliphatic rings. The summed E-state index contributed by atoms with van der Waals surface area (Å²) in [5, 5.41) is 6.85. The average molecular weight is 268 g/mol. The molecule has 2 unspecified atom stereocenters. The van der Waals surface area contributed by atoms with E-state index < -0.39 is 0 Å². The molecule has 0 bridgehead atoms. The van der Waals surface area contributed by atoms with Crippen LogP contribution in [0.3, 0.4) is 0 Å². The minimum Gasteiger partial charge on any atom is -0.381 e. The number of thiazole rings is 1. The van der Waals surface area contributed by atoms with Crippen LogP contribution in [-0.2, 0) is 15.7 Å². The predicted molar refractivity (Wildman–Crippen MR) is 76.2 cm³/mol. The molecular weight excluding hydrogens is 244 g/mol. The number of hydrogen-bond acceptors (Lipinski definition) is 4. The maximum absolute atomic E-state index is 5.54. The predicted octanol–water partition coefficient (Wildman–Crippen LogP) is 2.91. The van der Waals surface area contributed by atoms with Gasteiger partial charge in [0.2, 0.25) is 0 Å². The SMILES string of the molecule is CNC(C)(c1nc(C(C)(C)C)cs1)C1CCOC1. The van der Waals surface area contributed by atoms with Crippen molar-refractivity contribution in [2.45, 2.75) is 45.1 Å². The highest BCUT2D eigenvalue weighted by atomic mass is 32.1. The zero-order chi connectivity index (χ0) is 13.4. The molecule has 1 aliphatic heterocycles. The van der Waals surface area contributed by atoms with E-state index in [0.717, 1.165) is 19.6 Å². The third kappa shape index (κ3) is 2.46. The number of nitrogens with one attached hydrogen (secondary N) is 1. The third-order valence-corrected chi connectivity index (χ3v) is 5.06. The molecule has 2 rings (SSSR count). The smallest absolute Gasteiger partial charge is 0.113 e. The van der Waals surface area contributed by atoms with Crippen molar-refractivity contribution in [3.63, 3.8) is 0 Å². The van der Waals surface area contributed by atoms with Crippen molar-refractivity contribution in [1.29, 1.82) is 0 Å². The lowest BCUT2D eigenvalue weighted by molar-refractivity contribution is 0.155. The summed E-state index contributed by atoms with van der Waals surface area (Å²) in [6.45, 7) is 10.6. The third-order valence-electron chi connectivity index (χ3n) is 3.98. The molecule has 102 valence electrons. The molecule has 2 atom stereocenters. The summed E-state index contributed by atoms with van der Waals surface area (Å²) in [6, 6.07) is 0. The summed E-state index contributed by atoms with van der Waals surface area (Å²) in [5.74, 6) is 0.515. The van der Waals surface area contributed by atoms with Gasteiger partial charge in [-0.05, 0) is 20.4 Å². The van der Waals surface area contributed by atoms with Crippen LogP contribution in [0.2, 0.25) is 0 Å². The second kappa shape index (κ2) is 4.91. The molecule has 0 spiro atoms. The molecule has 1 aromatic heterocycles. The van der Waals surface area contributed by atoms with Crippen LogP contribution in [0, 0.1) is 5.92 Å². The van der Waals surface area contributed by atoms with Crippen LogP contribution in [0.5, 0.6) is 0 Å². The van der Waals surface area contributed by atoms with Gasteiger partial charge in [-0.2, -0.15) is 0 Å². The highest BCUT2D eigenvalue weighted by molar-refractivity contribution is 7.09. The van der Waals surface area contributed by atoms with Gasteiger partial charge < -0.3 is 10.1 Å². The van der Waals surface area contributed by atoms with E-state index in [1.165, 1.54) is 10.7 Å². The van der Waals surface area contributed by atoms with Gasteiger partial charge in [-0.1, -0.05) is 20.8 Å². The van der Waals surface area contributed by atoms with Gasteiger partial charge in [-0.25, -0.2) is 4.98 Å². The molecule has 0 aromatic carbocycles. The number of ether oxygens (including phenoxy) is 1. The second-order valence-corrected chi connectivity index (χ2v) is 7.16. The van der Waals surface area contributed by atoms with Gasteiger partial charge in [0.05, 0.1) is 17.8 Å². The highest BCUT2D eigenvalue weighted by Gasteiger charge is 2.39. The Bertz CT molecular complexity index is 404. The molecule has 3 nitrogen and oxygen atoms in total. The van der Waals surface area contributed by atoms with E-state index in [1.807, 2.05) is 7.05 Å². The van der Waals surface area contributed by atoms with E-state index in [4.69, 9.17) is 9.72 Å². The van der Waals surface area contributed by atoms with Gasteiger partial charge in [0, 0.05) is 23.3 Å². The lowest BCUT2D eigenvalue weighted by atomic mass is 9.85. The molecule has 1 aromatic rings. The second-order valence-electron chi connectivity index (χ2n) is 6.30. The molecule has 0 amide bonds. The van der Waals surface area contributed by atoms with E-state index in [1.54, 1.807) is 11.3 Å². The Hall–Kier alpha value is -0.450. The van der Waals surface area contributed by atoms with Gasteiger partial charge in [0.1, 0.15) is 5.01 Å². The summed E-state index contributed by atoms with van der Waals surface area (Å²) >= 11 is 1.77. The Morgan fingerprint density at radius 3 is 2.56 bits per heavy atom. The van der Waals surface area contributed by atoms with Crippen LogP contribution in [0.25, 0.3) is 0 Å². The lowest BCUT2D eigenvalue weighted by Crippen LogP contribution is -2.44. The zero-order valence-corrected chi connectivity index (χ0v) is 12.9. The van der Waals surface area contributed by atoms with E-state index in [9.17, 15) is 0 Å². The van der Waals surface area contributed by atoms with E-state index in [2.05, 4.69) is 38.4 Å². The Labute approximate surface area is 114 Å². The Kier molecular flexibility index (Phi) is 3.81. The van der Waals surface area contributed by atoms with Crippen molar-refractivity contribution in [2.24, 2.45) is 5.92 Å². The molecule has 0 saturated carbocycles. The minimum atomic E-state index is -0.0648. The molecule has 0 radical (unpaired) electrons. The van der Waals surface area contributed by atoms with Gasteiger partial charge in [-0.3, -0.25) is 0 Å². The number of hydrogen-bond donors (Lipinski definition) is 1. The summed E-state index contributed by atoms with van der Waals surface area (Å²) in [7, 11) is 2.02. The molecule has 1 saturated heterocycles. The molecular formula is C14H24N2OS. The summed E-state index contributed by atoms with van der Waals surface area (Å²) in [4.78, 5) is 4.87. The van der Waals surface area contributed by atoms with Crippen LogP contribution in [-0.4, -0.2) is 25.2 Å². The van der Waals surface area contributed by atoms with Crippen molar-refractivity contribution < 1.29 is 4.74 Å². The normalized spacial score (nSPS) is 24.2. The Morgan fingerprint density at radius 1 is 1.39 bits per heavy atom. The molecule has 0 aliphatic carbocycles. The first-order valence-electron chi connectivity index (χ1n) is 6.61. The van der Waals surface area contributed by atoms with Crippen LogP contribution in [0.4, 0.5) is 0 Å². The zero-order valence-electron chi connectivity index (χ0n) is 12.0. The first kappa shape index (κ1) is 14.0. The van der Waals surface area contributed by atoms with Crippen molar-refractivity contribution in [3.8, 4) is 0 Å². The quantitative estimate of drug-likeness (QED) is 0.915. The van der Waals surface area contributed by atoms with Crippen LogP contribution in [0.1, 0.15) is 44.8 Å². The van der Waals surface area contributed by atoms with Crippen LogP contribution >= 0.6 is 11.3 Å². The average Bonchev–Trinajstić information content (AvgIpc) is 2.97. The van der Waals surface area contributed by atoms with Gasteiger partial charge >= 0.3 is 0 Å². The number of rotatable bonds is 3. The highest BCUT2D eigenvalue weighted by Crippen LogP contribution is 2.37. The van der Waals surface area contributed by atoms with Crippen molar-refractivity contribution >= 4 is 11.3 Å². The summed E-state index contributed by atoms with van der Waals surface area (Å²) < 4.78 is 5.54. The van der Waals surface area contributed by atoms with Crippen molar-refractivity contribution in [1.82, 2.24) is 10.3 Å². The monoisotopic (exact) mass is 268 g/mol. The fourth-order valence-corrected chi connectivity index (χ4v) is 3.63. The number of nitrogens with zero attached hydrogens (tertiary/aromatic N) is 1. The molecule has 1 fully saturated rings. The number of aromatic nitrogens is 1. The van der Waals surface area contributed by atoms with Gasteiger partial charge in [0.25, 0.3) is 0 Å². The molecule has 18 heavy (non-hydrogen) atoms. The van der Waals surface area contributed by atoms with Gasteiger partial charge in [0.15, 0.2) is 0 Å². The lowest BCUT2D eigenvalue weighted by Gasteiger charge is -2.32. The topological polar surface area (TPSA) is 34.2 Å². The van der Waals surface area contributed by atoms with Crippen molar-refractivity contribution in [2.75, 3.05) is 20.3 Å². The van der Waals surface area contributed by atoms with E-state index in [0.29, 0.717) is 5.92 Å². The minimum absolute atomic E-state index is 0.0648. The Morgan fingerprint density at radius 2 is 2.11 bits per heavy atom. The first-order chi connectivity index (χ1) is 8.38. The van der Waals surface area contributed by atoms with E-state index >= 15 is 0 Å². The maximum atomic E-state index is 5.54. The summed E-state index contributed by atoms with van der Waals surface area (Å²) in [5.41, 5.74) is 1.24. The molecule has 2 heterocycles.